The summed E-state index contributed by atoms with van der Waals surface area (Å²) in [4.78, 5) is 27.0. The van der Waals surface area contributed by atoms with Crippen LogP contribution in [0.4, 0.5) is 17.5 Å². The second kappa shape index (κ2) is 30.6. The number of rotatable bonds is 21. The number of aromatic nitrogens is 12. The zero-order chi connectivity index (χ0) is 70.9. The molecule has 1 fully saturated rings. The average Bonchev–Trinajstić information content (AvgIpc) is 1.13. The first-order chi connectivity index (χ1) is 48.1. The van der Waals surface area contributed by atoms with Gasteiger partial charge in [-0.3, -0.25) is 0 Å². The van der Waals surface area contributed by atoms with Gasteiger partial charge in [-0.05, 0) is 124 Å². The van der Waals surface area contributed by atoms with E-state index in [0.717, 1.165) is 40.9 Å². The Morgan fingerprint density at radius 1 is 0.460 bits per heavy atom. The predicted molar refractivity (Wildman–Crippen MR) is 377 cm³/mol. The zero-order valence-electron chi connectivity index (χ0n) is 54.7. The van der Waals surface area contributed by atoms with Crippen LogP contribution in [0, 0.1) is 0 Å². The molecule has 7 heterocycles. The summed E-state index contributed by atoms with van der Waals surface area (Å²) in [6.45, 7) is 7.55. The summed E-state index contributed by atoms with van der Waals surface area (Å²) < 4.78 is 96.4. The number of benzene rings is 6. The molecular weight excluding hydrogens is 1360 g/mol. The Hall–Kier alpha value is -10.6. The Kier molecular flexibility index (Phi) is 21.7. The maximum absolute atomic E-state index is 12.6. The van der Waals surface area contributed by atoms with E-state index in [9.17, 15) is 25.3 Å². The number of nitrogens with zero attached hydrogens (tertiary/aromatic N) is 12. The largest absolute Gasteiger partial charge is 0.414 e. The van der Waals surface area contributed by atoms with Crippen LogP contribution in [0.25, 0.3) is 103 Å². The molecule has 12 aromatic rings. The smallest absolute Gasteiger partial charge is 0.270 e. The minimum atomic E-state index is -3.41. The SMILES string of the molecule is CCS(=O)(=O)c1ccc(-c2cnc(N)c(-c3nnc(-c4ccc(CNC)cc4)o3)n2)cc1.CNCc1ccc(-c2nnc(-c3nc(-c4ccc(S(=O)(=O)C(C)C)cc4)cnc3N)o2)c(Cl)c1.CNCc1ccc(-c2nnc(-c3nc(-c4ccc(S(=O)(=O)C5COC5)cc4)cnc3N)o2)cc1. The topological polar surface area (TPSA) is 420 Å². The molecule has 100 heavy (non-hydrogen) atoms. The number of halogens is 1. The van der Waals surface area contributed by atoms with Crippen LogP contribution in [-0.2, 0) is 53.9 Å². The van der Waals surface area contributed by atoms with Crippen molar-refractivity contribution in [1.82, 2.24) is 76.4 Å². The van der Waals surface area contributed by atoms with Crippen molar-refractivity contribution in [1.29, 1.82) is 0 Å². The Bertz CT molecular complexity index is 5220. The summed E-state index contributed by atoms with van der Waals surface area (Å²) in [7, 11) is -4.42. The predicted octanol–water partition coefficient (Wildman–Crippen LogP) is 9.29. The van der Waals surface area contributed by atoms with Crippen molar-refractivity contribution in [2.24, 2.45) is 0 Å². The van der Waals surface area contributed by atoms with Gasteiger partial charge in [-0.15, -0.1) is 30.6 Å². The van der Waals surface area contributed by atoms with Crippen LogP contribution in [0.5, 0.6) is 0 Å². The van der Waals surface area contributed by atoms with E-state index >= 15 is 0 Å². The summed E-state index contributed by atoms with van der Waals surface area (Å²) in [5.41, 5.74) is 27.8. The molecule has 0 atom stereocenters. The fourth-order valence-electron chi connectivity index (χ4n) is 9.86. The second-order valence-corrected chi connectivity index (χ2v) is 30.2. The molecule has 514 valence electrons. The van der Waals surface area contributed by atoms with Gasteiger partial charge in [-0.2, -0.15) is 0 Å². The number of hydrogen-bond donors (Lipinski definition) is 6. The average molecular weight is 1430 g/mol. The summed E-state index contributed by atoms with van der Waals surface area (Å²) >= 11 is 6.40. The van der Waals surface area contributed by atoms with Gasteiger partial charge in [0, 0.05) is 47.5 Å². The molecule has 1 aliphatic heterocycles. The van der Waals surface area contributed by atoms with Crippen molar-refractivity contribution in [2.45, 2.75) is 65.6 Å². The van der Waals surface area contributed by atoms with Crippen LogP contribution in [-0.4, -0.2) is 136 Å². The van der Waals surface area contributed by atoms with Crippen molar-refractivity contribution < 1.29 is 43.2 Å². The zero-order valence-corrected chi connectivity index (χ0v) is 57.9. The fourth-order valence-corrected chi connectivity index (χ4v) is 13.5. The van der Waals surface area contributed by atoms with E-state index in [1.54, 1.807) is 93.6 Å². The Labute approximate surface area is 580 Å². The summed E-state index contributed by atoms with van der Waals surface area (Å²) in [5, 5.41) is 33.3. The quantitative estimate of drug-likeness (QED) is 0.0390. The van der Waals surface area contributed by atoms with Gasteiger partial charge in [0.1, 0.15) is 5.25 Å². The monoisotopic (exact) mass is 1430 g/mol. The lowest BCUT2D eigenvalue weighted by molar-refractivity contribution is 0.0416. The molecule has 1 aliphatic rings. The van der Waals surface area contributed by atoms with Gasteiger partial charge in [0.25, 0.3) is 17.7 Å². The summed E-state index contributed by atoms with van der Waals surface area (Å²) in [5.74, 6) is 1.75. The van der Waals surface area contributed by atoms with Crippen molar-refractivity contribution >= 4 is 58.6 Å². The molecule has 9 N–H and O–H groups in total. The van der Waals surface area contributed by atoms with Gasteiger partial charge in [0.2, 0.25) is 17.7 Å². The fraction of sp³-hybridized carbons (Fsp3) is 0.206. The molecule has 13 rings (SSSR count). The molecule has 0 bridgehead atoms. The number of nitrogen functional groups attached to an aromatic ring is 3. The number of nitrogens with one attached hydrogen (secondary N) is 3. The third-order valence-corrected chi connectivity index (χ3v) is 21.9. The Morgan fingerprint density at radius 2 is 0.810 bits per heavy atom. The molecule has 0 aliphatic carbocycles. The molecule has 0 radical (unpaired) electrons. The van der Waals surface area contributed by atoms with Crippen LogP contribution in [0.2, 0.25) is 5.02 Å². The first-order valence-electron chi connectivity index (χ1n) is 31.0. The maximum atomic E-state index is 12.6. The van der Waals surface area contributed by atoms with Gasteiger partial charge < -0.3 is 51.1 Å². The van der Waals surface area contributed by atoms with Gasteiger partial charge in [-0.1, -0.05) is 85.3 Å². The molecule has 0 spiro atoms. The number of nitrogens with two attached hydrogens (primary N) is 3. The van der Waals surface area contributed by atoms with Gasteiger partial charge in [0.05, 0.1) is 85.2 Å². The van der Waals surface area contributed by atoms with Crippen molar-refractivity contribution in [2.75, 3.05) is 57.3 Å². The third-order valence-electron chi connectivity index (χ3n) is 15.6. The number of sulfone groups is 3. The van der Waals surface area contributed by atoms with E-state index in [0.29, 0.717) is 62.7 Å². The lowest BCUT2D eigenvalue weighted by Crippen LogP contribution is -2.40. The van der Waals surface area contributed by atoms with E-state index in [1.807, 2.05) is 87.9 Å². The highest BCUT2D eigenvalue weighted by atomic mass is 35.5. The molecule has 0 saturated carbocycles. The standard InChI is InChI=1S/C23H23ClN6O3S.C23H22N6O4S.C22H22N6O3S/c1-13(2)34(31,32)16-7-5-15(6-8-16)19-12-27-21(25)20(28-19)23-30-29-22(33-23)17-9-4-14(11-26-3)10-18(17)24;1-25-10-14-2-4-16(5-3-14)22-28-29-23(33-22)20-21(24)26-11-19(27-20)15-6-8-17(9-7-15)34(30,31)18-12-32-13-18;1-3-32(29,30)17-10-8-15(9-11-17)18-13-25-20(23)19(26-18)22-28-27-21(31-22)16-6-4-14(5-7-16)12-24-2/h4-10,12-13,26H,11H2,1-3H3,(H2,25,27);2-9,11,18,25H,10,12-13H2,1H3,(H2,24,26);4-11,13,24H,3,12H2,1-2H3,(H2,23,25). The first kappa shape index (κ1) is 70.7. The first-order valence-corrected chi connectivity index (χ1v) is 36.1. The third kappa shape index (κ3) is 15.9. The van der Waals surface area contributed by atoms with Crippen LogP contribution >= 0.6 is 11.6 Å². The number of ether oxygens (including phenoxy) is 1. The van der Waals surface area contributed by atoms with Crippen LogP contribution in [0.1, 0.15) is 37.5 Å². The van der Waals surface area contributed by atoms with Gasteiger partial charge >= 0.3 is 0 Å². The normalized spacial score (nSPS) is 12.5. The van der Waals surface area contributed by atoms with E-state index in [2.05, 4.69) is 76.4 Å². The minimum absolute atomic E-state index is 0.0376. The van der Waals surface area contributed by atoms with E-state index in [1.165, 1.54) is 18.6 Å². The Morgan fingerprint density at radius 3 is 1.18 bits per heavy atom. The summed E-state index contributed by atoms with van der Waals surface area (Å²) in [6.07, 6.45) is 4.53. The van der Waals surface area contributed by atoms with Crippen LogP contribution in [0.3, 0.4) is 0 Å². The highest BCUT2D eigenvalue weighted by molar-refractivity contribution is 7.92. The Balaban J connectivity index is 0.000000151. The molecule has 0 amide bonds. The lowest BCUT2D eigenvalue weighted by Gasteiger charge is -2.25. The highest BCUT2D eigenvalue weighted by Crippen LogP contribution is 2.35. The van der Waals surface area contributed by atoms with Crippen LogP contribution in [0.15, 0.2) is 186 Å². The van der Waals surface area contributed by atoms with Crippen molar-refractivity contribution in [3.63, 3.8) is 0 Å². The van der Waals surface area contributed by atoms with Crippen molar-refractivity contribution in [3.8, 4) is 103 Å². The number of hydrogen-bond acceptors (Lipinski definition) is 28. The molecule has 32 heteroatoms. The lowest BCUT2D eigenvalue weighted by atomic mass is 10.1. The summed E-state index contributed by atoms with van der Waals surface area (Å²) in [6, 6.07) is 40.5. The molecule has 6 aromatic carbocycles. The molecule has 1 saturated heterocycles. The molecule has 6 aromatic heterocycles. The van der Waals surface area contributed by atoms with E-state index in [-0.39, 0.29) is 91.8 Å². The van der Waals surface area contributed by atoms with Crippen LogP contribution < -0.4 is 33.2 Å². The highest BCUT2D eigenvalue weighted by Gasteiger charge is 2.34. The van der Waals surface area contributed by atoms with Crippen molar-refractivity contribution in [3.05, 3.63) is 180 Å². The minimum Gasteiger partial charge on any atom is -0.414 e. The molecular formula is C68H67ClN18O10S3. The van der Waals surface area contributed by atoms with Gasteiger partial charge in [0.15, 0.2) is 64.0 Å². The molecule has 0 unspecified atom stereocenters. The van der Waals surface area contributed by atoms with E-state index < -0.39 is 40.0 Å². The van der Waals surface area contributed by atoms with Gasteiger partial charge in [-0.25, -0.2) is 55.2 Å². The second-order valence-electron chi connectivity index (χ2n) is 22.8. The maximum Gasteiger partial charge on any atom is 0.270 e. The van der Waals surface area contributed by atoms with E-state index in [4.69, 9.17) is 46.8 Å². The molecule has 28 nitrogen and oxygen atoms in total. The number of anilines is 3.